The topological polar surface area (TPSA) is 88.5 Å². The second-order valence-corrected chi connectivity index (χ2v) is 7.20. The minimum Gasteiger partial charge on any atom is -0.481 e. The van der Waals surface area contributed by atoms with Crippen LogP contribution in [0.5, 0.6) is 11.6 Å². The van der Waals surface area contributed by atoms with Gasteiger partial charge in [-0.1, -0.05) is 23.8 Å². The Balaban J connectivity index is 1.42. The fourth-order valence-electron chi connectivity index (χ4n) is 3.89. The number of carbonyl (C=O) groups is 2. The smallest absolute Gasteiger partial charge is 0.307 e. The molecule has 0 radical (unpaired) electrons. The minimum atomic E-state index is -0.911. The lowest BCUT2D eigenvalue weighted by molar-refractivity contribution is -0.146. The molecule has 4 rings (SSSR count). The van der Waals surface area contributed by atoms with Crippen LogP contribution in [0.2, 0.25) is 5.02 Å². The standard InChI is InChI=1S/C20H17ClN2O4/c21-13-3-8-16(22-10-13)27-15-6-4-14(5-7-15)23-19(24)17-11-1-2-12(9-11)18(17)20(25)26/h1-8,10-12,17-18H,9H2,(H,23,24)(H,25,26). The molecule has 6 nitrogen and oxygen atoms in total. The zero-order chi connectivity index (χ0) is 19.0. The molecule has 1 heterocycles. The number of carbonyl (C=O) groups excluding carboxylic acids is 1. The molecule has 1 saturated carbocycles. The Morgan fingerprint density at radius 3 is 2.41 bits per heavy atom. The molecule has 7 heteroatoms. The largest absolute Gasteiger partial charge is 0.481 e. The van der Waals surface area contributed by atoms with Crippen LogP contribution >= 0.6 is 11.6 Å². The molecule has 2 aromatic rings. The summed E-state index contributed by atoms with van der Waals surface area (Å²) >= 11 is 5.79. The van der Waals surface area contributed by atoms with Crippen molar-refractivity contribution < 1.29 is 19.4 Å². The zero-order valence-electron chi connectivity index (χ0n) is 14.2. The molecule has 0 spiro atoms. The molecule has 1 aromatic heterocycles. The van der Waals surface area contributed by atoms with Gasteiger partial charge in [0.1, 0.15) is 5.75 Å². The van der Waals surface area contributed by atoms with Gasteiger partial charge in [0.15, 0.2) is 0 Å². The maximum atomic E-state index is 12.7. The van der Waals surface area contributed by atoms with Gasteiger partial charge in [-0.3, -0.25) is 9.59 Å². The molecular formula is C20H17ClN2O4. The first-order valence-electron chi connectivity index (χ1n) is 8.63. The predicted molar refractivity (Wildman–Crippen MR) is 99.7 cm³/mol. The summed E-state index contributed by atoms with van der Waals surface area (Å²) < 4.78 is 5.61. The van der Waals surface area contributed by atoms with E-state index in [0.29, 0.717) is 22.3 Å². The molecular weight excluding hydrogens is 368 g/mol. The number of pyridine rings is 1. The van der Waals surface area contributed by atoms with Gasteiger partial charge >= 0.3 is 5.97 Å². The van der Waals surface area contributed by atoms with Crippen molar-refractivity contribution in [2.24, 2.45) is 23.7 Å². The highest BCUT2D eigenvalue weighted by Gasteiger charge is 2.51. The highest BCUT2D eigenvalue weighted by Crippen LogP contribution is 2.48. The van der Waals surface area contributed by atoms with Crippen LogP contribution in [0, 0.1) is 23.7 Å². The monoisotopic (exact) mass is 384 g/mol. The number of ether oxygens (including phenoxy) is 1. The molecule has 1 aromatic carbocycles. The minimum absolute atomic E-state index is 0.00492. The first-order valence-corrected chi connectivity index (χ1v) is 9.00. The Kier molecular flexibility index (Phi) is 4.58. The number of halogens is 1. The van der Waals surface area contributed by atoms with Crippen molar-refractivity contribution in [2.75, 3.05) is 5.32 Å². The van der Waals surface area contributed by atoms with Gasteiger partial charge in [-0.05, 0) is 48.6 Å². The van der Waals surface area contributed by atoms with E-state index in [9.17, 15) is 14.7 Å². The van der Waals surface area contributed by atoms with E-state index in [-0.39, 0.29) is 17.7 Å². The van der Waals surface area contributed by atoms with E-state index in [2.05, 4.69) is 10.3 Å². The third-order valence-corrected chi connectivity index (χ3v) is 5.32. The summed E-state index contributed by atoms with van der Waals surface area (Å²) in [7, 11) is 0. The number of aliphatic carboxylic acids is 1. The zero-order valence-corrected chi connectivity index (χ0v) is 15.0. The maximum absolute atomic E-state index is 12.7. The first-order chi connectivity index (χ1) is 13.0. The van der Waals surface area contributed by atoms with Gasteiger partial charge in [-0.15, -0.1) is 0 Å². The van der Waals surface area contributed by atoms with Crippen LogP contribution < -0.4 is 10.1 Å². The van der Waals surface area contributed by atoms with Crippen molar-refractivity contribution in [3.8, 4) is 11.6 Å². The van der Waals surface area contributed by atoms with Crippen molar-refractivity contribution in [1.29, 1.82) is 0 Å². The number of amides is 1. The number of fused-ring (bicyclic) bond motifs is 2. The molecule has 4 unspecified atom stereocenters. The molecule has 4 atom stereocenters. The molecule has 2 N–H and O–H groups in total. The number of rotatable bonds is 5. The van der Waals surface area contributed by atoms with Gasteiger partial charge in [-0.2, -0.15) is 0 Å². The van der Waals surface area contributed by atoms with Crippen LogP contribution in [0.25, 0.3) is 0 Å². The molecule has 27 heavy (non-hydrogen) atoms. The lowest BCUT2D eigenvalue weighted by Gasteiger charge is -2.23. The number of nitrogens with one attached hydrogen (secondary N) is 1. The van der Waals surface area contributed by atoms with Crippen molar-refractivity contribution in [1.82, 2.24) is 4.98 Å². The summed E-state index contributed by atoms with van der Waals surface area (Å²) in [6, 6.07) is 10.2. The Morgan fingerprint density at radius 1 is 1.07 bits per heavy atom. The van der Waals surface area contributed by atoms with Gasteiger partial charge in [0.2, 0.25) is 11.8 Å². The number of aromatic nitrogens is 1. The van der Waals surface area contributed by atoms with E-state index < -0.39 is 17.8 Å². The summed E-state index contributed by atoms with van der Waals surface area (Å²) in [5.74, 6) is -1.44. The Hall–Kier alpha value is -2.86. The number of allylic oxidation sites excluding steroid dienone is 2. The van der Waals surface area contributed by atoms with Crippen LogP contribution in [-0.4, -0.2) is 22.0 Å². The van der Waals surface area contributed by atoms with E-state index in [1.165, 1.54) is 6.20 Å². The molecule has 2 aliphatic carbocycles. The highest BCUT2D eigenvalue weighted by molar-refractivity contribution is 6.30. The van der Waals surface area contributed by atoms with Gasteiger partial charge < -0.3 is 15.2 Å². The lowest BCUT2D eigenvalue weighted by Crippen LogP contribution is -2.36. The van der Waals surface area contributed by atoms with Crippen molar-refractivity contribution in [2.45, 2.75) is 6.42 Å². The second kappa shape index (κ2) is 7.04. The molecule has 0 aliphatic heterocycles. The lowest BCUT2D eigenvalue weighted by atomic mass is 9.82. The van der Waals surface area contributed by atoms with Gasteiger partial charge in [0, 0.05) is 18.0 Å². The fraction of sp³-hybridized carbons (Fsp3) is 0.250. The fourth-order valence-corrected chi connectivity index (χ4v) is 4.00. The van der Waals surface area contributed by atoms with Crippen LogP contribution in [0.3, 0.4) is 0 Å². The highest BCUT2D eigenvalue weighted by atomic mass is 35.5. The van der Waals surface area contributed by atoms with Crippen molar-refractivity contribution in [3.05, 3.63) is 59.8 Å². The van der Waals surface area contributed by atoms with Crippen LogP contribution in [0.4, 0.5) is 5.69 Å². The quantitative estimate of drug-likeness (QED) is 0.761. The SMILES string of the molecule is O=C(O)C1C2C=CC(C2)C1C(=O)Nc1ccc(Oc2ccc(Cl)cn2)cc1. The first kappa shape index (κ1) is 17.5. The average Bonchev–Trinajstić information content (AvgIpc) is 3.26. The number of hydrogen-bond acceptors (Lipinski definition) is 4. The summed E-state index contributed by atoms with van der Waals surface area (Å²) in [4.78, 5) is 28.3. The van der Waals surface area contributed by atoms with Crippen LogP contribution in [-0.2, 0) is 9.59 Å². The van der Waals surface area contributed by atoms with Gasteiger partial charge in [-0.25, -0.2) is 4.98 Å². The van der Waals surface area contributed by atoms with Gasteiger partial charge in [0.05, 0.1) is 16.9 Å². The number of carboxylic acids is 1. The molecule has 2 aliphatic rings. The molecule has 0 saturated heterocycles. The summed E-state index contributed by atoms with van der Waals surface area (Å²) in [6.07, 6.45) is 6.11. The maximum Gasteiger partial charge on any atom is 0.307 e. The third-order valence-electron chi connectivity index (χ3n) is 5.09. The Labute approximate surface area is 160 Å². The number of benzene rings is 1. The van der Waals surface area contributed by atoms with E-state index in [4.69, 9.17) is 16.3 Å². The normalized spacial score (nSPS) is 25.4. The number of nitrogens with zero attached hydrogens (tertiary/aromatic N) is 1. The third kappa shape index (κ3) is 3.53. The Morgan fingerprint density at radius 2 is 1.78 bits per heavy atom. The van der Waals surface area contributed by atoms with Crippen molar-refractivity contribution in [3.63, 3.8) is 0 Å². The second-order valence-electron chi connectivity index (χ2n) is 6.77. The van der Waals surface area contributed by atoms with Crippen LogP contribution in [0.15, 0.2) is 54.7 Å². The van der Waals surface area contributed by atoms with E-state index in [1.54, 1.807) is 36.4 Å². The van der Waals surface area contributed by atoms with E-state index in [0.717, 1.165) is 6.42 Å². The number of anilines is 1. The summed E-state index contributed by atoms with van der Waals surface area (Å²) in [6.45, 7) is 0. The molecule has 1 amide bonds. The van der Waals surface area contributed by atoms with E-state index >= 15 is 0 Å². The number of carboxylic acid groups (broad SMARTS) is 1. The summed E-state index contributed by atoms with van der Waals surface area (Å²) in [5, 5.41) is 12.8. The van der Waals surface area contributed by atoms with Crippen LogP contribution in [0.1, 0.15) is 6.42 Å². The predicted octanol–water partition coefficient (Wildman–Crippen LogP) is 3.99. The average molecular weight is 385 g/mol. The molecule has 1 fully saturated rings. The number of hydrogen-bond donors (Lipinski definition) is 2. The van der Waals surface area contributed by atoms with Gasteiger partial charge in [0.25, 0.3) is 0 Å². The van der Waals surface area contributed by atoms with E-state index in [1.807, 2.05) is 12.2 Å². The van der Waals surface area contributed by atoms with Crippen molar-refractivity contribution >= 4 is 29.2 Å². The molecule has 138 valence electrons. The Bertz CT molecular complexity index is 895. The summed E-state index contributed by atoms with van der Waals surface area (Å²) in [5.41, 5.74) is 0.590. The molecule has 2 bridgehead atoms.